The highest BCUT2D eigenvalue weighted by Gasteiger charge is 2.71. The summed E-state index contributed by atoms with van der Waals surface area (Å²) in [7, 11) is 1.48. The topological polar surface area (TPSA) is 79.2 Å². The van der Waals surface area contributed by atoms with E-state index in [2.05, 4.69) is 0 Å². The van der Waals surface area contributed by atoms with E-state index in [1.807, 2.05) is 0 Å². The maximum absolute atomic E-state index is 13.6. The number of alkyl halides is 6. The van der Waals surface area contributed by atoms with Crippen LogP contribution in [-0.4, -0.2) is 48.2 Å². The molecule has 40 heavy (non-hydrogen) atoms. The van der Waals surface area contributed by atoms with E-state index in [4.69, 9.17) is 9.47 Å². The van der Waals surface area contributed by atoms with E-state index in [1.165, 1.54) is 19.2 Å². The van der Waals surface area contributed by atoms with Crippen LogP contribution in [0.1, 0.15) is 29.2 Å². The second-order valence-electron chi connectivity index (χ2n) is 9.27. The third-order valence-corrected chi connectivity index (χ3v) is 6.71. The third-order valence-electron chi connectivity index (χ3n) is 6.71. The Balaban J connectivity index is 1.75. The van der Waals surface area contributed by atoms with Crippen LogP contribution in [0.25, 0.3) is 0 Å². The summed E-state index contributed by atoms with van der Waals surface area (Å²) in [6.07, 6.45) is -14.5. The Labute approximate surface area is 225 Å². The predicted molar refractivity (Wildman–Crippen MR) is 132 cm³/mol. The monoisotopic (exact) mass is 569 g/mol. The van der Waals surface area contributed by atoms with Gasteiger partial charge >= 0.3 is 12.4 Å². The summed E-state index contributed by atoms with van der Waals surface area (Å²) < 4.78 is 92.5. The molecule has 2 unspecified atom stereocenters. The zero-order valence-corrected chi connectivity index (χ0v) is 21.0. The predicted octanol–water partition coefficient (Wildman–Crippen LogP) is 5.47. The lowest BCUT2D eigenvalue weighted by molar-refractivity contribution is -0.376. The van der Waals surface area contributed by atoms with Gasteiger partial charge in [0, 0.05) is 11.3 Å². The molecular weight excluding hydrogens is 544 g/mol. The van der Waals surface area contributed by atoms with Crippen molar-refractivity contribution >= 4 is 11.6 Å². The lowest BCUT2D eigenvalue weighted by atomic mass is 9.89. The van der Waals surface area contributed by atoms with Crippen LogP contribution in [0.3, 0.4) is 0 Å². The van der Waals surface area contributed by atoms with Crippen molar-refractivity contribution < 1.29 is 50.8 Å². The number of benzene rings is 3. The first kappa shape index (κ1) is 29.2. The molecule has 12 heteroatoms. The van der Waals surface area contributed by atoms with Crippen LogP contribution in [0.15, 0.2) is 72.8 Å². The first-order valence-electron chi connectivity index (χ1n) is 12.1. The molecule has 1 amide bonds. The van der Waals surface area contributed by atoms with Crippen LogP contribution in [0.4, 0.5) is 32.0 Å². The molecule has 3 aromatic rings. The molecule has 0 radical (unpaired) electrons. The lowest BCUT2D eigenvalue weighted by Crippen LogP contribution is -2.54. The van der Waals surface area contributed by atoms with E-state index in [0.29, 0.717) is 23.6 Å². The molecular formula is C28H25F6NO5. The highest BCUT2D eigenvalue weighted by atomic mass is 19.4. The van der Waals surface area contributed by atoms with Gasteiger partial charge in [0.2, 0.25) is 0 Å². The molecule has 0 saturated carbocycles. The minimum atomic E-state index is -6.07. The summed E-state index contributed by atoms with van der Waals surface area (Å²) in [5.74, 6) is 0.0852. The number of fused-ring (bicyclic) bond motifs is 1. The Morgan fingerprint density at radius 1 is 0.925 bits per heavy atom. The van der Waals surface area contributed by atoms with Gasteiger partial charge in [-0.05, 0) is 54.3 Å². The molecule has 214 valence electrons. The molecule has 1 aliphatic heterocycles. The van der Waals surface area contributed by atoms with Gasteiger partial charge in [0.05, 0.1) is 13.7 Å². The number of aryl methyl sites for hydroxylation is 1. The molecule has 1 aliphatic rings. The van der Waals surface area contributed by atoms with E-state index in [1.54, 1.807) is 42.5 Å². The number of hydrogen-bond acceptors (Lipinski definition) is 5. The third kappa shape index (κ3) is 5.59. The molecule has 2 N–H and O–H groups in total. The van der Waals surface area contributed by atoms with Gasteiger partial charge < -0.3 is 24.6 Å². The Morgan fingerprint density at radius 2 is 1.52 bits per heavy atom. The number of amides is 1. The van der Waals surface area contributed by atoms with Crippen molar-refractivity contribution in [1.82, 2.24) is 0 Å². The summed E-state index contributed by atoms with van der Waals surface area (Å²) in [6, 6.07) is 16.3. The number of rotatable bonds is 6. The van der Waals surface area contributed by atoms with Crippen molar-refractivity contribution in [3.8, 4) is 11.5 Å². The molecule has 4 rings (SSSR count). The largest absolute Gasteiger partial charge is 0.497 e. The Morgan fingerprint density at radius 3 is 2.10 bits per heavy atom. The Kier molecular flexibility index (Phi) is 8.04. The zero-order chi connectivity index (χ0) is 29.3. The normalized spacial score (nSPS) is 17.0. The van der Waals surface area contributed by atoms with Crippen molar-refractivity contribution in [2.75, 3.05) is 18.6 Å². The van der Waals surface area contributed by atoms with Gasteiger partial charge in [-0.15, -0.1) is 0 Å². The fourth-order valence-corrected chi connectivity index (χ4v) is 4.55. The number of carbonyl (C=O) groups is 1. The van der Waals surface area contributed by atoms with Gasteiger partial charge in [-0.1, -0.05) is 42.5 Å². The van der Waals surface area contributed by atoms with Gasteiger partial charge in [0.15, 0.2) is 6.10 Å². The summed E-state index contributed by atoms with van der Waals surface area (Å²) in [5, 5.41) is 20.7. The fourth-order valence-electron chi connectivity index (χ4n) is 4.55. The molecule has 0 saturated heterocycles. The van der Waals surface area contributed by atoms with E-state index < -0.39 is 41.6 Å². The number of methoxy groups -OCH3 is 1. The summed E-state index contributed by atoms with van der Waals surface area (Å²) in [4.78, 5) is 14.6. The number of hydrogen-bond donors (Lipinski definition) is 2. The van der Waals surface area contributed by atoms with Crippen molar-refractivity contribution in [1.29, 1.82) is 0 Å². The summed E-state index contributed by atoms with van der Waals surface area (Å²) >= 11 is 0. The average Bonchev–Trinajstić information content (AvgIpc) is 3.10. The van der Waals surface area contributed by atoms with E-state index in [-0.39, 0.29) is 36.2 Å². The number of aliphatic hydroxyl groups excluding tert-OH is 1. The maximum atomic E-state index is 13.6. The number of aliphatic hydroxyl groups is 2. The van der Waals surface area contributed by atoms with E-state index >= 15 is 0 Å². The Bertz CT molecular complexity index is 1310. The Hall–Kier alpha value is -3.77. The highest BCUT2D eigenvalue weighted by molar-refractivity contribution is 5.98. The molecule has 3 aromatic carbocycles. The number of ether oxygens (including phenoxy) is 2. The highest BCUT2D eigenvalue weighted by Crippen LogP contribution is 2.51. The fraction of sp³-hybridized carbons (Fsp3) is 0.321. The quantitative estimate of drug-likeness (QED) is 0.385. The second-order valence-corrected chi connectivity index (χ2v) is 9.27. The minimum Gasteiger partial charge on any atom is -0.497 e. The number of nitrogens with zero attached hydrogens (tertiary/aromatic N) is 1. The average molecular weight is 569 g/mol. The molecule has 6 nitrogen and oxygen atoms in total. The van der Waals surface area contributed by atoms with Crippen LogP contribution >= 0.6 is 0 Å². The van der Waals surface area contributed by atoms with E-state index in [0.717, 1.165) is 11.0 Å². The van der Waals surface area contributed by atoms with Gasteiger partial charge in [-0.3, -0.25) is 4.79 Å². The number of anilines is 1. The van der Waals surface area contributed by atoms with Crippen molar-refractivity contribution in [2.45, 2.75) is 43.0 Å². The first-order valence-corrected chi connectivity index (χ1v) is 12.1. The van der Waals surface area contributed by atoms with Gasteiger partial charge in [-0.25, -0.2) is 0 Å². The number of halogens is 6. The number of carbonyl (C=O) groups excluding carboxylic acids is 1. The molecule has 0 spiro atoms. The lowest BCUT2D eigenvalue weighted by Gasteiger charge is -2.33. The van der Waals surface area contributed by atoms with Gasteiger partial charge in [0.1, 0.15) is 17.6 Å². The summed E-state index contributed by atoms with van der Waals surface area (Å²) in [6.45, 7) is -0.163. The molecule has 0 fully saturated rings. The van der Waals surface area contributed by atoms with Gasteiger partial charge in [-0.2, -0.15) is 26.3 Å². The standard InChI is InChI=1S/C28H25F6NO5/c1-39-20-10-12-21(13-11-20)40-22-9-7-18-15-19(26(38,27(29,30)31)28(32,33)34)8-14-23(18)35(16-22)25(37)24(36)17-5-3-2-4-6-17/h2-6,8,10-15,22,24,36,38H,7,9,16H2,1H3. The molecule has 0 aromatic heterocycles. The minimum absolute atomic E-state index is 0.00346. The summed E-state index contributed by atoms with van der Waals surface area (Å²) in [5.41, 5.74) is -6.38. The van der Waals surface area contributed by atoms with Crippen LogP contribution in [0.5, 0.6) is 11.5 Å². The van der Waals surface area contributed by atoms with Crippen LogP contribution in [0.2, 0.25) is 0 Å². The van der Waals surface area contributed by atoms with Gasteiger partial charge in [0.25, 0.3) is 11.5 Å². The maximum Gasteiger partial charge on any atom is 0.430 e. The molecule has 0 aliphatic carbocycles. The molecule has 1 heterocycles. The second kappa shape index (κ2) is 11.0. The molecule has 2 atom stereocenters. The zero-order valence-electron chi connectivity index (χ0n) is 21.0. The van der Waals surface area contributed by atoms with Crippen LogP contribution in [0, 0.1) is 0 Å². The van der Waals surface area contributed by atoms with Crippen LogP contribution < -0.4 is 14.4 Å². The van der Waals surface area contributed by atoms with Crippen molar-refractivity contribution in [3.05, 3.63) is 89.5 Å². The van der Waals surface area contributed by atoms with E-state index in [9.17, 15) is 41.4 Å². The first-order chi connectivity index (χ1) is 18.8. The van der Waals surface area contributed by atoms with Crippen molar-refractivity contribution in [2.24, 2.45) is 0 Å². The van der Waals surface area contributed by atoms with Crippen molar-refractivity contribution in [3.63, 3.8) is 0 Å². The molecule has 0 bridgehead atoms. The smallest absolute Gasteiger partial charge is 0.430 e. The SMILES string of the molecule is COc1ccc(OC2CCc3cc(C(O)(C(F)(F)F)C(F)(F)F)ccc3N(C(=O)C(O)c3ccccc3)C2)cc1. The van der Waals surface area contributed by atoms with Crippen LogP contribution in [-0.2, 0) is 16.8 Å².